The molecular weight excluding hydrogens is 492 g/mol. The van der Waals surface area contributed by atoms with Gasteiger partial charge in [-0.3, -0.25) is 0 Å². The van der Waals surface area contributed by atoms with E-state index < -0.39 is 0 Å². The standard InChI is InChI=1S/C36H22N2S/c1-2-10-24-21-26(19-18-23(24)9-1)34-30-15-5-3-13-28(30)33(29-14-4-6-16-31(29)34)25-11-7-12-27(22-25)35-38-32-17-8-20-37-36(32)39-35/h1-22H. The molecule has 0 fully saturated rings. The Balaban J connectivity index is 1.40. The lowest BCUT2D eigenvalue weighted by Gasteiger charge is -2.18. The SMILES string of the molecule is c1cc(-c2nc3cccnc3s2)cc(-c2c3ccccc3c(-c3ccc4ccccc4c3)c3ccccc23)c1. The maximum atomic E-state index is 4.88. The minimum Gasteiger partial charge on any atom is -0.244 e. The molecule has 0 unspecified atom stereocenters. The van der Waals surface area contributed by atoms with Gasteiger partial charge in [-0.15, -0.1) is 0 Å². The summed E-state index contributed by atoms with van der Waals surface area (Å²) in [4.78, 5) is 10.3. The summed E-state index contributed by atoms with van der Waals surface area (Å²) in [6, 6.07) is 45.8. The molecule has 0 amide bonds. The lowest BCUT2D eigenvalue weighted by atomic mass is 9.85. The van der Waals surface area contributed by atoms with E-state index in [1.807, 2.05) is 18.3 Å². The van der Waals surface area contributed by atoms with Crippen LogP contribution in [-0.2, 0) is 0 Å². The molecule has 0 aliphatic rings. The lowest BCUT2D eigenvalue weighted by molar-refractivity contribution is 1.41. The van der Waals surface area contributed by atoms with Crippen molar-refractivity contribution in [2.45, 2.75) is 0 Å². The molecule has 0 radical (unpaired) electrons. The predicted molar refractivity (Wildman–Crippen MR) is 166 cm³/mol. The van der Waals surface area contributed by atoms with Crippen molar-refractivity contribution in [1.29, 1.82) is 0 Å². The summed E-state index contributed by atoms with van der Waals surface area (Å²) in [7, 11) is 0. The fraction of sp³-hybridized carbons (Fsp3) is 0. The molecule has 39 heavy (non-hydrogen) atoms. The number of aromatic nitrogens is 2. The number of pyridine rings is 1. The van der Waals surface area contributed by atoms with Gasteiger partial charge in [-0.1, -0.05) is 114 Å². The second-order valence-electron chi connectivity index (χ2n) is 9.83. The van der Waals surface area contributed by atoms with Crippen molar-refractivity contribution in [2.24, 2.45) is 0 Å². The minimum absolute atomic E-state index is 0.943. The van der Waals surface area contributed by atoms with Crippen molar-refractivity contribution in [3.63, 3.8) is 0 Å². The van der Waals surface area contributed by atoms with Crippen LogP contribution in [0.2, 0.25) is 0 Å². The maximum Gasteiger partial charge on any atom is 0.143 e. The normalized spacial score (nSPS) is 11.6. The Labute approximate surface area is 229 Å². The maximum absolute atomic E-state index is 4.88. The van der Waals surface area contributed by atoms with Crippen LogP contribution in [-0.4, -0.2) is 9.97 Å². The van der Waals surface area contributed by atoms with Crippen molar-refractivity contribution in [2.75, 3.05) is 0 Å². The van der Waals surface area contributed by atoms with Crippen molar-refractivity contribution in [3.05, 3.63) is 134 Å². The first-order valence-electron chi connectivity index (χ1n) is 13.1. The molecule has 0 spiro atoms. The van der Waals surface area contributed by atoms with Gasteiger partial charge in [-0.2, -0.15) is 0 Å². The Morgan fingerprint density at radius 2 is 1.08 bits per heavy atom. The van der Waals surface area contributed by atoms with E-state index in [4.69, 9.17) is 4.98 Å². The fourth-order valence-electron chi connectivity index (χ4n) is 5.80. The van der Waals surface area contributed by atoms with Gasteiger partial charge in [0.2, 0.25) is 0 Å². The van der Waals surface area contributed by atoms with Crippen LogP contribution in [0.4, 0.5) is 0 Å². The van der Waals surface area contributed by atoms with Gasteiger partial charge in [0.25, 0.3) is 0 Å². The quantitative estimate of drug-likeness (QED) is 0.219. The van der Waals surface area contributed by atoms with Gasteiger partial charge in [0.15, 0.2) is 0 Å². The zero-order chi connectivity index (χ0) is 25.8. The first kappa shape index (κ1) is 22.2. The molecule has 0 atom stereocenters. The van der Waals surface area contributed by atoms with Gasteiger partial charge in [-0.25, -0.2) is 9.97 Å². The highest BCUT2D eigenvalue weighted by Gasteiger charge is 2.17. The van der Waals surface area contributed by atoms with Crippen LogP contribution < -0.4 is 0 Å². The van der Waals surface area contributed by atoms with Gasteiger partial charge < -0.3 is 0 Å². The third kappa shape index (κ3) is 3.63. The van der Waals surface area contributed by atoms with Gasteiger partial charge >= 0.3 is 0 Å². The Morgan fingerprint density at radius 1 is 0.462 bits per heavy atom. The number of thiazole rings is 1. The first-order chi connectivity index (χ1) is 19.3. The van der Waals surface area contributed by atoms with Crippen LogP contribution in [0.25, 0.3) is 75.5 Å². The van der Waals surface area contributed by atoms with Crippen LogP contribution >= 0.6 is 11.3 Å². The highest BCUT2D eigenvalue weighted by molar-refractivity contribution is 7.21. The summed E-state index contributed by atoms with van der Waals surface area (Å²) >= 11 is 1.64. The predicted octanol–water partition coefficient (Wildman–Crippen LogP) is 10.2. The average molecular weight is 515 g/mol. The summed E-state index contributed by atoms with van der Waals surface area (Å²) in [5.41, 5.74) is 7.03. The third-order valence-corrected chi connectivity index (χ3v) is 8.56. The molecule has 0 bridgehead atoms. The molecule has 2 nitrogen and oxygen atoms in total. The van der Waals surface area contributed by atoms with E-state index >= 15 is 0 Å². The molecule has 8 rings (SSSR count). The number of rotatable bonds is 3. The van der Waals surface area contributed by atoms with E-state index in [2.05, 4.69) is 120 Å². The number of nitrogens with zero attached hydrogens (tertiary/aromatic N) is 2. The topological polar surface area (TPSA) is 25.8 Å². The van der Waals surface area contributed by atoms with E-state index in [0.717, 1.165) is 20.9 Å². The van der Waals surface area contributed by atoms with Gasteiger partial charge in [0.1, 0.15) is 15.4 Å². The molecule has 8 aromatic rings. The molecule has 0 aliphatic carbocycles. The molecule has 2 aromatic heterocycles. The highest BCUT2D eigenvalue weighted by atomic mass is 32.1. The Bertz CT molecular complexity index is 2100. The molecule has 6 aromatic carbocycles. The minimum atomic E-state index is 0.943. The van der Waals surface area contributed by atoms with Gasteiger partial charge in [-0.05, 0) is 78.8 Å². The average Bonchev–Trinajstić information content (AvgIpc) is 3.44. The second kappa shape index (κ2) is 8.87. The largest absolute Gasteiger partial charge is 0.244 e. The Morgan fingerprint density at radius 3 is 1.77 bits per heavy atom. The summed E-state index contributed by atoms with van der Waals surface area (Å²) in [5.74, 6) is 0. The van der Waals surface area contributed by atoms with Crippen LogP contribution in [0.1, 0.15) is 0 Å². The fourth-order valence-corrected chi connectivity index (χ4v) is 6.70. The summed E-state index contributed by atoms with van der Waals surface area (Å²) in [6.45, 7) is 0. The van der Waals surface area contributed by atoms with Crippen molar-refractivity contribution in [1.82, 2.24) is 9.97 Å². The van der Waals surface area contributed by atoms with E-state index in [-0.39, 0.29) is 0 Å². The second-order valence-corrected chi connectivity index (χ2v) is 10.8. The monoisotopic (exact) mass is 514 g/mol. The van der Waals surface area contributed by atoms with Crippen molar-refractivity contribution in [3.8, 4) is 32.8 Å². The Hall–Kier alpha value is -4.86. The van der Waals surface area contributed by atoms with Crippen LogP contribution in [0.3, 0.4) is 0 Å². The number of hydrogen-bond donors (Lipinski definition) is 0. The van der Waals surface area contributed by atoms with Crippen LogP contribution in [0, 0.1) is 0 Å². The van der Waals surface area contributed by atoms with Gasteiger partial charge in [0, 0.05) is 11.8 Å². The molecule has 0 saturated heterocycles. The van der Waals surface area contributed by atoms with Crippen LogP contribution in [0.5, 0.6) is 0 Å². The summed E-state index contributed by atoms with van der Waals surface area (Å²) in [6.07, 6.45) is 1.83. The first-order valence-corrected chi connectivity index (χ1v) is 13.9. The van der Waals surface area contributed by atoms with Crippen molar-refractivity contribution >= 4 is 54.0 Å². The van der Waals surface area contributed by atoms with Gasteiger partial charge in [0.05, 0.1) is 0 Å². The van der Waals surface area contributed by atoms with E-state index in [1.165, 1.54) is 54.6 Å². The van der Waals surface area contributed by atoms with E-state index in [9.17, 15) is 0 Å². The Kier molecular flexibility index (Phi) is 5.04. The summed E-state index contributed by atoms with van der Waals surface area (Å²) in [5, 5.41) is 8.53. The van der Waals surface area contributed by atoms with Crippen LogP contribution in [0.15, 0.2) is 134 Å². The molecule has 3 heteroatoms. The van der Waals surface area contributed by atoms with Crippen molar-refractivity contribution < 1.29 is 0 Å². The molecule has 182 valence electrons. The smallest absolute Gasteiger partial charge is 0.143 e. The zero-order valence-electron chi connectivity index (χ0n) is 21.0. The lowest BCUT2D eigenvalue weighted by Crippen LogP contribution is -1.91. The van der Waals surface area contributed by atoms with E-state index in [0.29, 0.717) is 0 Å². The molecule has 0 saturated carbocycles. The number of hydrogen-bond acceptors (Lipinski definition) is 3. The summed E-state index contributed by atoms with van der Waals surface area (Å²) < 4.78 is 0. The molecule has 0 aliphatic heterocycles. The molecule has 2 heterocycles. The number of benzene rings is 6. The zero-order valence-corrected chi connectivity index (χ0v) is 21.8. The molecular formula is C36H22N2S. The highest BCUT2D eigenvalue weighted by Crippen LogP contribution is 2.44. The van der Waals surface area contributed by atoms with E-state index in [1.54, 1.807) is 11.3 Å². The molecule has 0 N–H and O–H groups in total. The number of fused-ring (bicyclic) bond motifs is 4. The third-order valence-electron chi connectivity index (χ3n) is 7.53.